The van der Waals surface area contributed by atoms with Crippen LogP contribution in [-0.4, -0.2) is 78.2 Å². The molecular weight excluding hydrogens is 372 g/mol. The van der Waals surface area contributed by atoms with Gasteiger partial charge in [0.1, 0.15) is 0 Å². The second-order valence-electron chi connectivity index (χ2n) is 8.40. The van der Waals surface area contributed by atoms with Gasteiger partial charge in [0.15, 0.2) is 5.82 Å². The first-order valence-electron chi connectivity index (χ1n) is 10.8. The van der Waals surface area contributed by atoms with Crippen LogP contribution in [0.1, 0.15) is 49.1 Å². The van der Waals surface area contributed by atoms with E-state index in [4.69, 9.17) is 9.26 Å². The van der Waals surface area contributed by atoms with Crippen LogP contribution in [0.4, 0.5) is 5.82 Å². The molecule has 0 bridgehead atoms. The number of likely N-dealkylation sites (tertiary alicyclic amines) is 2. The molecule has 29 heavy (non-hydrogen) atoms. The van der Waals surface area contributed by atoms with Gasteiger partial charge in [-0.2, -0.15) is 0 Å². The number of hydrogen-bond donors (Lipinski definition) is 0. The second kappa shape index (κ2) is 7.82. The van der Waals surface area contributed by atoms with E-state index >= 15 is 0 Å². The summed E-state index contributed by atoms with van der Waals surface area (Å²) in [5, 5.41) is 4.09. The minimum absolute atomic E-state index is 0.0591. The summed E-state index contributed by atoms with van der Waals surface area (Å²) in [4.78, 5) is 31.7. The molecule has 8 nitrogen and oxygen atoms in total. The molecule has 3 fully saturated rings. The fraction of sp³-hybridized carbons (Fsp3) is 0.667. The van der Waals surface area contributed by atoms with Crippen molar-refractivity contribution in [3.05, 3.63) is 23.5 Å². The van der Waals surface area contributed by atoms with E-state index in [1.54, 1.807) is 6.07 Å². The lowest BCUT2D eigenvalue weighted by Gasteiger charge is -2.27. The largest absolute Gasteiger partial charge is 0.378 e. The molecule has 2 amide bonds. The maximum atomic E-state index is 13.1. The fourth-order valence-electron chi connectivity index (χ4n) is 5.10. The lowest BCUT2D eigenvalue weighted by atomic mass is 9.99. The normalized spacial score (nSPS) is 27.4. The van der Waals surface area contributed by atoms with Gasteiger partial charge in [0, 0.05) is 38.7 Å². The molecule has 4 heterocycles. The molecule has 3 aliphatic heterocycles. The van der Waals surface area contributed by atoms with Crippen LogP contribution in [0.5, 0.6) is 0 Å². The summed E-state index contributed by atoms with van der Waals surface area (Å²) in [5.41, 5.74) is 1.38. The minimum Gasteiger partial charge on any atom is -0.378 e. The molecule has 3 saturated heterocycles. The molecule has 4 aliphatic rings. The van der Waals surface area contributed by atoms with Gasteiger partial charge in [-0.05, 0) is 32.1 Å². The first kappa shape index (κ1) is 18.7. The van der Waals surface area contributed by atoms with Gasteiger partial charge in [-0.3, -0.25) is 9.59 Å². The molecule has 5 rings (SSSR count). The van der Waals surface area contributed by atoms with Crippen molar-refractivity contribution in [3.8, 4) is 0 Å². The van der Waals surface area contributed by atoms with Crippen molar-refractivity contribution in [3.63, 3.8) is 0 Å². The molecule has 0 spiro atoms. The Hall–Kier alpha value is -2.35. The van der Waals surface area contributed by atoms with Gasteiger partial charge >= 0.3 is 0 Å². The topological polar surface area (TPSA) is 79.1 Å². The monoisotopic (exact) mass is 400 g/mol. The molecule has 1 aliphatic carbocycles. The van der Waals surface area contributed by atoms with Gasteiger partial charge in [-0.15, -0.1) is 0 Å². The van der Waals surface area contributed by atoms with Crippen LogP contribution in [0.25, 0.3) is 0 Å². The summed E-state index contributed by atoms with van der Waals surface area (Å²) in [5.74, 6) is 0.945. The molecular formula is C21H28N4O4. The van der Waals surface area contributed by atoms with Crippen LogP contribution in [0.15, 0.2) is 22.2 Å². The zero-order chi connectivity index (χ0) is 19.8. The first-order valence-corrected chi connectivity index (χ1v) is 10.8. The van der Waals surface area contributed by atoms with E-state index in [1.807, 2.05) is 9.80 Å². The van der Waals surface area contributed by atoms with Crippen molar-refractivity contribution in [2.75, 3.05) is 44.3 Å². The lowest BCUT2D eigenvalue weighted by molar-refractivity contribution is -0.128. The van der Waals surface area contributed by atoms with Crippen LogP contribution in [-0.2, 0) is 9.53 Å². The Labute approximate surface area is 170 Å². The number of ether oxygens (including phenoxy) is 1. The summed E-state index contributed by atoms with van der Waals surface area (Å²) in [6.45, 7) is 4.18. The summed E-state index contributed by atoms with van der Waals surface area (Å²) in [6, 6.07) is 1.79. The Morgan fingerprint density at radius 1 is 1.17 bits per heavy atom. The van der Waals surface area contributed by atoms with E-state index in [0.717, 1.165) is 38.9 Å². The fourth-order valence-corrected chi connectivity index (χ4v) is 5.10. The van der Waals surface area contributed by atoms with Crippen LogP contribution >= 0.6 is 0 Å². The summed E-state index contributed by atoms with van der Waals surface area (Å²) in [7, 11) is 0. The molecule has 0 radical (unpaired) electrons. The quantitative estimate of drug-likeness (QED) is 0.718. The maximum Gasteiger partial charge on any atom is 0.292 e. The molecule has 8 heteroatoms. The third-order valence-corrected chi connectivity index (χ3v) is 6.68. The number of fused-ring (bicyclic) bond motifs is 1. The van der Waals surface area contributed by atoms with Crippen molar-refractivity contribution >= 4 is 17.6 Å². The third kappa shape index (κ3) is 3.54. The maximum absolute atomic E-state index is 13.1. The lowest BCUT2D eigenvalue weighted by Crippen LogP contribution is -2.40. The molecule has 0 saturated carbocycles. The molecule has 1 aromatic rings. The number of anilines is 1. The number of amides is 2. The van der Waals surface area contributed by atoms with Gasteiger partial charge in [0.2, 0.25) is 11.7 Å². The average molecular weight is 400 g/mol. The first-order chi connectivity index (χ1) is 14.2. The highest BCUT2D eigenvalue weighted by Crippen LogP contribution is 2.35. The Morgan fingerprint density at radius 2 is 2.03 bits per heavy atom. The highest BCUT2D eigenvalue weighted by Gasteiger charge is 2.49. The Kier molecular flexibility index (Phi) is 5.03. The predicted molar refractivity (Wildman–Crippen MR) is 106 cm³/mol. The minimum atomic E-state index is -0.156. The number of rotatable bonds is 4. The van der Waals surface area contributed by atoms with E-state index in [0.29, 0.717) is 32.0 Å². The zero-order valence-corrected chi connectivity index (χ0v) is 16.7. The van der Waals surface area contributed by atoms with E-state index < -0.39 is 0 Å². The van der Waals surface area contributed by atoms with Crippen molar-refractivity contribution < 1.29 is 18.8 Å². The van der Waals surface area contributed by atoms with Crippen molar-refractivity contribution in [1.82, 2.24) is 15.0 Å². The molecule has 156 valence electrons. The number of carbonyl (C=O) groups is 2. The third-order valence-electron chi connectivity index (χ3n) is 6.68. The number of allylic oxidation sites excluding steroid dienone is 1. The van der Waals surface area contributed by atoms with E-state index in [-0.39, 0.29) is 29.7 Å². The Morgan fingerprint density at radius 3 is 2.83 bits per heavy atom. The van der Waals surface area contributed by atoms with E-state index in [9.17, 15) is 9.59 Å². The van der Waals surface area contributed by atoms with Crippen LogP contribution in [0.2, 0.25) is 0 Å². The SMILES string of the molecule is O=C1C[C@H]2[C@H](CCN2C(=O)c2cc(N3CCOCC3)no2)N1CC1=CCCCC1. The summed E-state index contributed by atoms with van der Waals surface area (Å²) in [6.07, 6.45) is 8.20. The highest BCUT2D eigenvalue weighted by molar-refractivity contribution is 5.93. The Balaban J connectivity index is 1.27. The van der Waals surface area contributed by atoms with E-state index in [2.05, 4.69) is 16.1 Å². The number of nitrogens with zero attached hydrogens (tertiary/aromatic N) is 4. The van der Waals surface area contributed by atoms with Crippen molar-refractivity contribution in [2.45, 2.75) is 50.6 Å². The van der Waals surface area contributed by atoms with Gasteiger partial charge in [-0.25, -0.2) is 0 Å². The number of morpholine rings is 1. The molecule has 0 aromatic carbocycles. The molecule has 2 atom stereocenters. The summed E-state index contributed by atoms with van der Waals surface area (Å²) >= 11 is 0. The molecule has 0 unspecified atom stereocenters. The average Bonchev–Trinajstić information content (AvgIpc) is 3.47. The zero-order valence-electron chi connectivity index (χ0n) is 16.7. The van der Waals surface area contributed by atoms with Crippen LogP contribution in [0.3, 0.4) is 0 Å². The van der Waals surface area contributed by atoms with E-state index in [1.165, 1.54) is 18.4 Å². The van der Waals surface area contributed by atoms with Crippen molar-refractivity contribution in [1.29, 1.82) is 0 Å². The molecule has 1 aromatic heterocycles. The smallest absolute Gasteiger partial charge is 0.292 e. The van der Waals surface area contributed by atoms with Crippen LogP contribution in [0, 0.1) is 0 Å². The van der Waals surface area contributed by atoms with Gasteiger partial charge in [0.25, 0.3) is 5.91 Å². The van der Waals surface area contributed by atoms with Gasteiger partial charge in [-0.1, -0.05) is 16.8 Å². The van der Waals surface area contributed by atoms with Gasteiger partial charge < -0.3 is 24.0 Å². The summed E-state index contributed by atoms with van der Waals surface area (Å²) < 4.78 is 10.7. The predicted octanol–water partition coefficient (Wildman–Crippen LogP) is 1.83. The van der Waals surface area contributed by atoms with Crippen molar-refractivity contribution in [2.24, 2.45) is 0 Å². The number of carbonyl (C=O) groups excluding carboxylic acids is 2. The standard InChI is InChI=1S/C21H28N4O4/c26-20-12-17-16(25(20)14-15-4-2-1-3-5-15)6-7-24(17)21(27)18-13-19(22-29-18)23-8-10-28-11-9-23/h4,13,16-17H,1-3,5-12,14H2/t16-,17-/m0/s1. The second-order valence-corrected chi connectivity index (χ2v) is 8.40. The molecule has 0 N–H and O–H groups in total. The Bertz CT molecular complexity index is 813. The number of hydrogen-bond acceptors (Lipinski definition) is 6. The number of aromatic nitrogens is 1. The van der Waals surface area contributed by atoms with Crippen LogP contribution < -0.4 is 4.90 Å². The van der Waals surface area contributed by atoms with Gasteiger partial charge in [0.05, 0.1) is 25.3 Å². The highest BCUT2D eigenvalue weighted by atomic mass is 16.5.